The van der Waals surface area contributed by atoms with Crippen molar-refractivity contribution in [1.82, 2.24) is 9.13 Å². The van der Waals surface area contributed by atoms with Gasteiger partial charge in [-0.05, 0) is 30.3 Å². The highest BCUT2D eigenvalue weighted by molar-refractivity contribution is 6.32. The van der Waals surface area contributed by atoms with Gasteiger partial charge in [0, 0.05) is 24.1 Å². The lowest BCUT2D eigenvalue weighted by Crippen LogP contribution is -2.41. The summed E-state index contributed by atoms with van der Waals surface area (Å²) in [5, 5.41) is 2.95. The first-order valence-corrected chi connectivity index (χ1v) is 9.43. The summed E-state index contributed by atoms with van der Waals surface area (Å²) in [4.78, 5) is 37.5. The fraction of sp³-hybridized carbons (Fsp3) is 0.190. The molecule has 2 aromatic carbocycles. The number of anilines is 1. The maximum absolute atomic E-state index is 12.6. The second-order valence-corrected chi connectivity index (χ2v) is 6.75. The molecule has 0 unspecified atom stereocenters. The van der Waals surface area contributed by atoms with E-state index in [1.807, 2.05) is 0 Å². The molecular formula is C21H20ClN3O6. The summed E-state index contributed by atoms with van der Waals surface area (Å²) in [6.07, 6.45) is 2.77. The van der Waals surface area contributed by atoms with E-state index < -0.39 is 17.0 Å². The van der Waals surface area contributed by atoms with Crippen molar-refractivity contribution in [3.05, 3.63) is 74.5 Å². The third-order valence-electron chi connectivity index (χ3n) is 4.45. The molecule has 1 amide bonds. The van der Waals surface area contributed by atoms with Crippen molar-refractivity contribution >= 4 is 23.2 Å². The summed E-state index contributed by atoms with van der Waals surface area (Å²) >= 11 is 6.04. The number of nitrogens with zero attached hydrogens (tertiary/aromatic N) is 2. The fourth-order valence-corrected chi connectivity index (χ4v) is 3.17. The smallest absolute Gasteiger partial charge is 0.320 e. The second kappa shape index (κ2) is 9.40. The predicted molar refractivity (Wildman–Crippen MR) is 116 cm³/mol. The van der Waals surface area contributed by atoms with Crippen LogP contribution in [0.4, 0.5) is 5.69 Å². The number of carbonyl (C=O) groups excluding carboxylic acids is 1. The topological polar surface area (TPSA) is 101 Å². The van der Waals surface area contributed by atoms with Gasteiger partial charge < -0.3 is 19.5 Å². The normalized spacial score (nSPS) is 10.5. The van der Waals surface area contributed by atoms with Crippen molar-refractivity contribution in [3.63, 3.8) is 0 Å². The van der Waals surface area contributed by atoms with E-state index in [9.17, 15) is 14.4 Å². The number of halogens is 1. The Morgan fingerprint density at radius 1 is 0.903 bits per heavy atom. The molecule has 3 rings (SSSR count). The molecule has 0 aliphatic heterocycles. The highest BCUT2D eigenvalue weighted by Gasteiger charge is 2.13. The number of methoxy groups -OCH3 is 3. The van der Waals surface area contributed by atoms with Crippen LogP contribution in [0.5, 0.6) is 17.2 Å². The van der Waals surface area contributed by atoms with Crippen molar-refractivity contribution < 1.29 is 19.0 Å². The molecule has 0 fully saturated rings. The molecule has 9 nitrogen and oxygen atoms in total. The van der Waals surface area contributed by atoms with Crippen molar-refractivity contribution in [2.24, 2.45) is 0 Å². The molecule has 0 saturated heterocycles. The maximum Gasteiger partial charge on any atom is 0.320 e. The summed E-state index contributed by atoms with van der Waals surface area (Å²) in [7, 11) is 4.45. The largest absolute Gasteiger partial charge is 0.495 e. The van der Waals surface area contributed by atoms with E-state index >= 15 is 0 Å². The van der Waals surface area contributed by atoms with E-state index in [-0.39, 0.29) is 6.54 Å². The van der Waals surface area contributed by atoms with Crippen LogP contribution in [0.15, 0.2) is 58.4 Å². The molecule has 162 valence electrons. The second-order valence-electron chi connectivity index (χ2n) is 6.34. The Bertz CT molecular complexity index is 1230. The molecule has 0 aliphatic rings. The van der Waals surface area contributed by atoms with E-state index in [2.05, 4.69) is 5.32 Å². The van der Waals surface area contributed by atoms with Gasteiger partial charge in [0.15, 0.2) is 11.5 Å². The Morgan fingerprint density at radius 2 is 1.58 bits per heavy atom. The summed E-state index contributed by atoms with van der Waals surface area (Å²) in [6, 6.07) is 9.56. The van der Waals surface area contributed by atoms with E-state index in [0.717, 1.165) is 4.57 Å². The van der Waals surface area contributed by atoms with Gasteiger partial charge in [0.2, 0.25) is 5.91 Å². The number of benzene rings is 2. The SMILES string of the molecule is COc1ccc(NC(=O)Cn2ccn(-c3ccc(OC)c(OC)c3)c(=O)c2=O)cc1Cl. The zero-order valence-corrected chi connectivity index (χ0v) is 17.8. The van der Waals surface area contributed by atoms with E-state index in [1.54, 1.807) is 30.3 Å². The Kier molecular flexibility index (Phi) is 6.66. The molecule has 0 saturated carbocycles. The highest BCUT2D eigenvalue weighted by atomic mass is 35.5. The van der Waals surface area contributed by atoms with E-state index in [4.69, 9.17) is 25.8 Å². The van der Waals surface area contributed by atoms with Crippen molar-refractivity contribution in [2.75, 3.05) is 26.6 Å². The van der Waals surface area contributed by atoms with Gasteiger partial charge in [0.1, 0.15) is 12.3 Å². The number of amides is 1. The molecule has 3 aromatic rings. The van der Waals surface area contributed by atoms with Crippen LogP contribution in [0.2, 0.25) is 5.02 Å². The average Bonchev–Trinajstić information content (AvgIpc) is 2.76. The van der Waals surface area contributed by atoms with Crippen LogP contribution >= 0.6 is 11.6 Å². The van der Waals surface area contributed by atoms with Gasteiger partial charge in [-0.25, -0.2) is 0 Å². The van der Waals surface area contributed by atoms with Crippen LogP contribution in [-0.2, 0) is 11.3 Å². The molecule has 0 bridgehead atoms. The summed E-state index contributed by atoms with van der Waals surface area (Å²) in [5.41, 5.74) is -0.804. The number of hydrogen-bond donors (Lipinski definition) is 1. The summed E-state index contributed by atoms with van der Waals surface area (Å²) in [6.45, 7) is -0.343. The lowest BCUT2D eigenvalue weighted by Gasteiger charge is -2.12. The van der Waals surface area contributed by atoms with E-state index in [1.165, 1.54) is 44.4 Å². The molecule has 0 spiro atoms. The monoisotopic (exact) mass is 445 g/mol. The zero-order chi connectivity index (χ0) is 22.5. The summed E-state index contributed by atoms with van der Waals surface area (Å²) < 4.78 is 17.7. The first-order valence-electron chi connectivity index (χ1n) is 9.05. The van der Waals surface area contributed by atoms with Crippen LogP contribution in [0.25, 0.3) is 5.69 Å². The average molecular weight is 446 g/mol. The van der Waals surface area contributed by atoms with Crippen LogP contribution < -0.4 is 30.6 Å². The molecule has 1 heterocycles. The minimum atomic E-state index is -0.847. The third kappa shape index (κ3) is 4.72. The predicted octanol–water partition coefficient (Wildman–Crippen LogP) is 2.32. The number of rotatable bonds is 7. The van der Waals surface area contributed by atoms with Crippen LogP contribution in [0.3, 0.4) is 0 Å². The third-order valence-corrected chi connectivity index (χ3v) is 4.75. The Balaban J connectivity index is 1.82. The van der Waals surface area contributed by atoms with Crippen LogP contribution in [0, 0.1) is 0 Å². The molecule has 0 atom stereocenters. The van der Waals surface area contributed by atoms with Gasteiger partial charge in [-0.2, -0.15) is 0 Å². The van der Waals surface area contributed by atoms with Crippen molar-refractivity contribution in [3.8, 4) is 22.9 Å². The molecule has 1 aromatic heterocycles. The minimum Gasteiger partial charge on any atom is -0.495 e. The lowest BCUT2D eigenvalue weighted by molar-refractivity contribution is -0.116. The van der Waals surface area contributed by atoms with E-state index in [0.29, 0.717) is 33.6 Å². The molecule has 0 aliphatic carbocycles. The number of aromatic nitrogens is 2. The number of nitrogens with one attached hydrogen (secondary N) is 1. The lowest BCUT2D eigenvalue weighted by atomic mass is 10.2. The Hall–Kier alpha value is -3.72. The number of hydrogen-bond acceptors (Lipinski definition) is 6. The van der Waals surface area contributed by atoms with Crippen molar-refractivity contribution in [2.45, 2.75) is 6.54 Å². The first kappa shape index (κ1) is 22.0. The number of carbonyl (C=O) groups is 1. The summed E-state index contributed by atoms with van der Waals surface area (Å²) in [5.74, 6) is 0.873. The fourth-order valence-electron chi connectivity index (χ4n) is 2.91. The maximum atomic E-state index is 12.6. The van der Waals surface area contributed by atoms with Crippen molar-refractivity contribution in [1.29, 1.82) is 0 Å². The first-order chi connectivity index (χ1) is 14.9. The van der Waals surface area contributed by atoms with Gasteiger partial charge in [0.25, 0.3) is 0 Å². The molecule has 0 radical (unpaired) electrons. The van der Waals surface area contributed by atoms with Gasteiger partial charge >= 0.3 is 11.1 Å². The van der Waals surface area contributed by atoms with Gasteiger partial charge in [-0.1, -0.05) is 11.6 Å². The van der Waals surface area contributed by atoms with Crippen LogP contribution in [-0.4, -0.2) is 36.4 Å². The highest BCUT2D eigenvalue weighted by Crippen LogP contribution is 2.29. The van der Waals surface area contributed by atoms with Gasteiger partial charge in [-0.3, -0.25) is 23.5 Å². The van der Waals surface area contributed by atoms with Gasteiger partial charge in [0.05, 0.1) is 32.0 Å². The Labute approximate surface area is 182 Å². The zero-order valence-electron chi connectivity index (χ0n) is 17.0. The molecule has 10 heteroatoms. The standard InChI is InChI=1S/C21H20ClN3O6/c1-29-16-6-4-13(10-15(16)22)23-19(26)12-24-8-9-25(21(28)20(24)27)14-5-7-17(30-2)18(11-14)31-3/h4-11H,12H2,1-3H3,(H,23,26). The Morgan fingerprint density at radius 3 is 2.23 bits per heavy atom. The van der Waals surface area contributed by atoms with Gasteiger partial charge in [-0.15, -0.1) is 0 Å². The van der Waals surface area contributed by atoms with Crippen LogP contribution in [0.1, 0.15) is 0 Å². The molecule has 31 heavy (non-hydrogen) atoms. The number of ether oxygens (including phenoxy) is 3. The quantitative estimate of drug-likeness (QED) is 0.560. The molecule has 1 N–H and O–H groups in total. The molecular weight excluding hydrogens is 426 g/mol. The minimum absolute atomic E-state index is 0.329.